The quantitative estimate of drug-likeness (QED) is 0.739. The number of anilines is 1. The lowest BCUT2D eigenvalue weighted by Crippen LogP contribution is -2.02. The SMILES string of the molecule is COc1ccc(CNc2c(C)cc(C)cc2Br)cc1Br. The van der Waals surface area contributed by atoms with Crippen LogP contribution in [0.2, 0.25) is 0 Å². The first kappa shape index (κ1) is 15.4. The van der Waals surface area contributed by atoms with Crippen molar-refractivity contribution in [2.45, 2.75) is 20.4 Å². The molecular formula is C16H17Br2NO. The molecule has 0 aliphatic rings. The molecule has 106 valence electrons. The molecule has 0 spiro atoms. The molecule has 0 unspecified atom stereocenters. The van der Waals surface area contributed by atoms with E-state index in [1.807, 2.05) is 6.07 Å². The highest BCUT2D eigenvalue weighted by molar-refractivity contribution is 9.11. The second-order valence-electron chi connectivity index (χ2n) is 4.76. The Hall–Kier alpha value is -1.000. The van der Waals surface area contributed by atoms with Crippen LogP contribution in [0.15, 0.2) is 39.3 Å². The minimum Gasteiger partial charge on any atom is -0.496 e. The van der Waals surface area contributed by atoms with E-state index in [4.69, 9.17) is 4.74 Å². The van der Waals surface area contributed by atoms with Gasteiger partial charge in [-0.05, 0) is 80.6 Å². The second kappa shape index (κ2) is 6.64. The smallest absolute Gasteiger partial charge is 0.133 e. The van der Waals surface area contributed by atoms with Gasteiger partial charge in [-0.15, -0.1) is 0 Å². The lowest BCUT2D eigenvalue weighted by atomic mass is 10.1. The average molecular weight is 399 g/mol. The molecule has 2 rings (SSSR count). The maximum Gasteiger partial charge on any atom is 0.133 e. The van der Waals surface area contributed by atoms with Crippen LogP contribution in [-0.2, 0) is 6.54 Å². The van der Waals surface area contributed by atoms with Crippen molar-refractivity contribution >= 4 is 37.5 Å². The number of ether oxygens (including phenoxy) is 1. The third-order valence-electron chi connectivity index (χ3n) is 3.12. The fraction of sp³-hybridized carbons (Fsp3) is 0.250. The summed E-state index contributed by atoms with van der Waals surface area (Å²) in [7, 11) is 1.67. The second-order valence-corrected chi connectivity index (χ2v) is 6.47. The number of rotatable bonds is 4. The van der Waals surface area contributed by atoms with Crippen LogP contribution in [0.5, 0.6) is 5.75 Å². The summed E-state index contributed by atoms with van der Waals surface area (Å²) in [6.45, 7) is 4.98. The summed E-state index contributed by atoms with van der Waals surface area (Å²) in [4.78, 5) is 0. The summed E-state index contributed by atoms with van der Waals surface area (Å²) in [6.07, 6.45) is 0. The van der Waals surface area contributed by atoms with Gasteiger partial charge in [0.2, 0.25) is 0 Å². The van der Waals surface area contributed by atoms with Crippen LogP contribution in [0.25, 0.3) is 0 Å². The summed E-state index contributed by atoms with van der Waals surface area (Å²) in [5.41, 5.74) is 4.84. The van der Waals surface area contributed by atoms with E-state index < -0.39 is 0 Å². The van der Waals surface area contributed by atoms with Crippen molar-refractivity contribution in [3.63, 3.8) is 0 Å². The highest BCUT2D eigenvalue weighted by Crippen LogP contribution is 2.29. The Labute approximate surface area is 136 Å². The number of hydrogen-bond donors (Lipinski definition) is 1. The van der Waals surface area contributed by atoms with E-state index in [-0.39, 0.29) is 0 Å². The van der Waals surface area contributed by atoms with Gasteiger partial charge in [-0.25, -0.2) is 0 Å². The van der Waals surface area contributed by atoms with Crippen LogP contribution in [0.1, 0.15) is 16.7 Å². The van der Waals surface area contributed by atoms with Gasteiger partial charge in [0.25, 0.3) is 0 Å². The molecule has 0 saturated carbocycles. The molecule has 2 aromatic carbocycles. The lowest BCUT2D eigenvalue weighted by Gasteiger charge is -2.13. The molecule has 4 heteroatoms. The first-order valence-corrected chi connectivity index (χ1v) is 7.93. The number of benzene rings is 2. The van der Waals surface area contributed by atoms with Gasteiger partial charge in [-0.2, -0.15) is 0 Å². The first-order valence-electron chi connectivity index (χ1n) is 6.34. The zero-order chi connectivity index (χ0) is 14.7. The van der Waals surface area contributed by atoms with E-state index in [1.54, 1.807) is 7.11 Å². The molecule has 2 aromatic rings. The van der Waals surface area contributed by atoms with Crippen molar-refractivity contribution in [2.24, 2.45) is 0 Å². The van der Waals surface area contributed by atoms with Gasteiger partial charge in [0.15, 0.2) is 0 Å². The summed E-state index contributed by atoms with van der Waals surface area (Å²) < 4.78 is 7.31. The Morgan fingerprint density at radius 1 is 1.05 bits per heavy atom. The highest BCUT2D eigenvalue weighted by atomic mass is 79.9. The van der Waals surface area contributed by atoms with Crippen molar-refractivity contribution < 1.29 is 4.74 Å². The van der Waals surface area contributed by atoms with Crippen LogP contribution in [0, 0.1) is 13.8 Å². The molecule has 0 aliphatic carbocycles. The molecule has 0 aliphatic heterocycles. The fourth-order valence-electron chi connectivity index (χ4n) is 2.15. The van der Waals surface area contributed by atoms with Crippen LogP contribution < -0.4 is 10.1 Å². The first-order chi connectivity index (χ1) is 9.51. The number of aryl methyl sites for hydroxylation is 2. The van der Waals surface area contributed by atoms with Crippen molar-refractivity contribution in [3.8, 4) is 5.75 Å². The van der Waals surface area contributed by atoms with E-state index in [0.717, 1.165) is 26.9 Å². The largest absolute Gasteiger partial charge is 0.496 e. The molecule has 2 nitrogen and oxygen atoms in total. The van der Waals surface area contributed by atoms with Gasteiger partial charge < -0.3 is 10.1 Å². The van der Waals surface area contributed by atoms with Crippen molar-refractivity contribution in [1.29, 1.82) is 0 Å². The molecule has 0 radical (unpaired) electrons. The average Bonchev–Trinajstić information content (AvgIpc) is 2.37. The monoisotopic (exact) mass is 397 g/mol. The van der Waals surface area contributed by atoms with E-state index in [1.165, 1.54) is 16.7 Å². The van der Waals surface area contributed by atoms with Gasteiger partial charge in [-0.1, -0.05) is 12.1 Å². The maximum atomic E-state index is 5.24. The van der Waals surface area contributed by atoms with Crippen LogP contribution >= 0.6 is 31.9 Å². The van der Waals surface area contributed by atoms with Crippen LogP contribution in [-0.4, -0.2) is 7.11 Å². The number of hydrogen-bond acceptors (Lipinski definition) is 2. The van der Waals surface area contributed by atoms with E-state index >= 15 is 0 Å². The zero-order valence-electron chi connectivity index (χ0n) is 11.8. The van der Waals surface area contributed by atoms with E-state index in [2.05, 4.69) is 75.3 Å². The van der Waals surface area contributed by atoms with Crippen LogP contribution in [0.4, 0.5) is 5.69 Å². The summed E-state index contributed by atoms with van der Waals surface area (Å²) in [5, 5.41) is 3.48. The minimum atomic E-state index is 0.769. The molecule has 0 fully saturated rings. The Morgan fingerprint density at radius 3 is 2.40 bits per heavy atom. The van der Waals surface area contributed by atoms with Crippen LogP contribution in [0.3, 0.4) is 0 Å². The number of halogens is 2. The lowest BCUT2D eigenvalue weighted by molar-refractivity contribution is 0.412. The molecule has 0 aromatic heterocycles. The Morgan fingerprint density at radius 2 is 1.80 bits per heavy atom. The molecular weight excluding hydrogens is 382 g/mol. The third-order valence-corrected chi connectivity index (χ3v) is 4.36. The van der Waals surface area contributed by atoms with E-state index in [0.29, 0.717) is 0 Å². The molecule has 0 bridgehead atoms. The predicted octanol–water partition coefficient (Wildman–Crippen LogP) is 5.45. The van der Waals surface area contributed by atoms with Gasteiger partial charge in [0.1, 0.15) is 5.75 Å². The van der Waals surface area contributed by atoms with Gasteiger partial charge in [-0.3, -0.25) is 0 Å². The van der Waals surface area contributed by atoms with Crippen molar-refractivity contribution in [3.05, 3.63) is 56.0 Å². The Balaban J connectivity index is 2.15. The number of nitrogens with one attached hydrogen (secondary N) is 1. The standard InChI is InChI=1S/C16H17Br2NO/c1-10-6-11(2)16(14(18)7-10)19-9-12-4-5-15(20-3)13(17)8-12/h4-8,19H,9H2,1-3H3. The van der Waals surface area contributed by atoms with Crippen molar-refractivity contribution in [2.75, 3.05) is 12.4 Å². The number of methoxy groups -OCH3 is 1. The molecule has 0 saturated heterocycles. The summed E-state index contributed by atoms with van der Waals surface area (Å²) >= 11 is 7.13. The minimum absolute atomic E-state index is 0.769. The third kappa shape index (κ3) is 3.55. The summed E-state index contributed by atoms with van der Waals surface area (Å²) in [5.74, 6) is 0.849. The molecule has 0 atom stereocenters. The Kier molecular flexibility index (Phi) is 5.11. The normalized spacial score (nSPS) is 10.4. The summed E-state index contributed by atoms with van der Waals surface area (Å²) in [6, 6.07) is 10.4. The van der Waals surface area contributed by atoms with Crippen molar-refractivity contribution in [1.82, 2.24) is 0 Å². The van der Waals surface area contributed by atoms with Gasteiger partial charge >= 0.3 is 0 Å². The highest BCUT2D eigenvalue weighted by Gasteiger charge is 2.06. The van der Waals surface area contributed by atoms with Gasteiger partial charge in [0, 0.05) is 11.0 Å². The fourth-order valence-corrected chi connectivity index (χ4v) is 3.55. The topological polar surface area (TPSA) is 21.3 Å². The molecule has 1 N–H and O–H groups in total. The van der Waals surface area contributed by atoms with E-state index in [9.17, 15) is 0 Å². The maximum absolute atomic E-state index is 5.24. The molecule has 20 heavy (non-hydrogen) atoms. The zero-order valence-corrected chi connectivity index (χ0v) is 14.9. The molecule has 0 heterocycles. The van der Waals surface area contributed by atoms with Gasteiger partial charge in [0.05, 0.1) is 17.3 Å². The Bertz CT molecular complexity index is 603. The predicted molar refractivity (Wildman–Crippen MR) is 91.6 cm³/mol. The molecule has 0 amide bonds.